The third-order valence-corrected chi connectivity index (χ3v) is 3.45. The van der Waals surface area contributed by atoms with Gasteiger partial charge in [-0.15, -0.1) is 0 Å². The molecule has 56 valence electrons. The van der Waals surface area contributed by atoms with E-state index in [1.807, 2.05) is 0 Å². The van der Waals surface area contributed by atoms with Crippen LogP contribution in [0.15, 0.2) is 0 Å². The first-order chi connectivity index (χ1) is 4.04. The second kappa shape index (κ2) is 3.60. The van der Waals surface area contributed by atoms with Crippen LogP contribution in [0.5, 0.6) is 0 Å². The molecule has 0 fully saturated rings. The van der Waals surface area contributed by atoms with E-state index in [0.29, 0.717) is 5.41 Å². The van der Waals surface area contributed by atoms with Gasteiger partial charge in [0.25, 0.3) is 0 Å². The summed E-state index contributed by atoms with van der Waals surface area (Å²) in [6.07, 6.45) is 1.26. The quantitative estimate of drug-likeness (QED) is 0.602. The van der Waals surface area contributed by atoms with Crippen LogP contribution in [0.2, 0.25) is 0 Å². The molecule has 0 aromatic heterocycles. The van der Waals surface area contributed by atoms with Gasteiger partial charge in [0.1, 0.15) is 0 Å². The highest BCUT2D eigenvalue weighted by atomic mass is 79.9. The van der Waals surface area contributed by atoms with Crippen molar-refractivity contribution in [1.29, 1.82) is 0 Å². The standard InChI is InChI=1S/C8H17Br/c1-5-8(3,4)7(2)6-9/h7H,5-6H2,1-4H3. The second-order valence-electron chi connectivity index (χ2n) is 3.40. The van der Waals surface area contributed by atoms with Crippen LogP contribution in [-0.2, 0) is 0 Å². The van der Waals surface area contributed by atoms with Crippen LogP contribution in [0.25, 0.3) is 0 Å². The maximum Gasteiger partial charge on any atom is 0.00621 e. The largest absolute Gasteiger partial charge is 0.0925 e. The van der Waals surface area contributed by atoms with Crippen LogP contribution in [0.4, 0.5) is 0 Å². The lowest BCUT2D eigenvalue weighted by molar-refractivity contribution is 0.245. The smallest absolute Gasteiger partial charge is 0.00621 e. The van der Waals surface area contributed by atoms with Gasteiger partial charge in [-0.05, 0) is 11.3 Å². The molecule has 0 spiro atoms. The van der Waals surface area contributed by atoms with Crippen molar-refractivity contribution in [3.8, 4) is 0 Å². The predicted octanol–water partition coefficient (Wildman–Crippen LogP) is 3.45. The second-order valence-corrected chi connectivity index (χ2v) is 4.04. The van der Waals surface area contributed by atoms with Gasteiger partial charge in [-0.3, -0.25) is 0 Å². The van der Waals surface area contributed by atoms with E-state index in [1.54, 1.807) is 0 Å². The van der Waals surface area contributed by atoms with Crippen molar-refractivity contribution in [1.82, 2.24) is 0 Å². The molecule has 0 N–H and O–H groups in total. The third-order valence-electron chi connectivity index (χ3n) is 2.48. The Morgan fingerprint density at radius 3 is 2.00 bits per heavy atom. The summed E-state index contributed by atoms with van der Waals surface area (Å²) in [6.45, 7) is 9.18. The van der Waals surface area contributed by atoms with E-state index in [-0.39, 0.29) is 0 Å². The molecule has 0 aliphatic rings. The Kier molecular flexibility index (Phi) is 3.79. The minimum atomic E-state index is 0.503. The summed E-state index contributed by atoms with van der Waals surface area (Å²) in [5.74, 6) is 0.780. The Balaban J connectivity index is 3.80. The number of hydrogen-bond donors (Lipinski definition) is 0. The van der Waals surface area contributed by atoms with Gasteiger partial charge in [0.2, 0.25) is 0 Å². The van der Waals surface area contributed by atoms with E-state index in [1.165, 1.54) is 6.42 Å². The highest BCUT2D eigenvalue weighted by Gasteiger charge is 2.21. The Labute approximate surface area is 67.2 Å². The van der Waals surface area contributed by atoms with Crippen molar-refractivity contribution in [2.45, 2.75) is 34.1 Å². The van der Waals surface area contributed by atoms with E-state index in [2.05, 4.69) is 43.6 Å². The lowest BCUT2D eigenvalue weighted by Crippen LogP contribution is -2.21. The SMILES string of the molecule is CCC(C)(C)C(C)CBr. The molecular weight excluding hydrogens is 176 g/mol. The molecule has 0 aromatic carbocycles. The molecule has 0 rings (SSSR count). The molecule has 0 heterocycles. The van der Waals surface area contributed by atoms with Gasteiger partial charge in [-0.1, -0.05) is 50.0 Å². The lowest BCUT2D eigenvalue weighted by atomic mass is 9.79. The van der Waals surface area contributed by atoms with Gasteiger partial charge in [-0.2, -0.15) is 0 Å². The van der Waals surface area contributed by atoms with Crippen molar-refractivity contribution in [3.63, 3.8) is 0 Å². The van der Waals surface area contributed by atoms with Gasteiger partial charge in [0.15, 0.2) is 0 Å². The number of halogens is 1. The van der Waals surface area contributed by atoms with Crippen molar-refractivity contribution >= 4 is 15.9 Å². The van der Waals surface area contributed by atoms with Crippen LogP contribution in [0.3, 0.4) is 0 Å². The van der Waals surface area contributed by atoms with Crippen molar-refractivity contribution < 1.29 is 0 Å². The lowest BCUT2D eigenvalue weighted by Gasteiger charge is -2.28. The van der Waals surface area contributed by atoms with Crippen LogP contribution >= 0.6 is 15.9 Å². The molecule has 9 heavy (non-hydrogen) atoms. The fourth-order valence-electron chi connectivity index (χ4n) is 0.557. The summed E-state index contributed by atoms with van der Waals surface area (Å²) in [5.41, 5.74) is 0.503. The van der Waals surface area contributed by atoms with Gasteiger partial charge >= 0.3 is 0 Å². The summed E-state index contributed by atoms with van der Waals surface area (Å²) >= 11 is 3.49. The summed E-state index contributed by atoms with van der Waals surface area (Å²) in [7, 11) is 0. The molecule has 0 aliphatic carbocycles. The molecule has 0 nitrogen and oxygen atoms in total. The molecule has 0 radical (unpaired) electrons. The Morgan fingerprint density at radius 1 is 1.44 bits per heavy atom. The van der Waals surface area contributed by atoms with Crippen LogP contribution < -0.4 is 0 Å². The average molecular weight is 193 g/mol. The Bertz CT molecular complexity index is 76.6. The maximum absolute atomic E-state index is 3.49. The monoisotopic (exact) mass is 192 g/mol. The zero-order chi connectivity index (χ0) is 7.49. The molecule has 0 aliphatic heterocycles. The molecule has 1 atom stereocenters. The maximum atomic E-state index is 3.49. The molecule has 0 amide bonds. The third kappa shape index (κ3) is 2.70. The first kappa shape index (κ1) is 9.48. The van der Waals surface area contributed by atoms with Gasteiger partial charge < -0.3 is 0 Å². The highest BCUT2D eigenvalue weighted by molar-refractivity contribution is 9.09. The fraction of sp³-hybridized carbons (Fsp3) is 1.00. The number of rotatable bonds is 3. The topological polar surface area (TPSA) is 0 Å². The van der Waals surface area contributed by atoms with E-state index in [4.69, 9.17) is 0 Å². The normalized spacial score (nSPS) is 15.7. The highest BCUT2D eigenvalue weighted by Crippen LogP contribution is 2.30. The molecule has 0 bridgehead atoms. The Morgan fingerprint density at radius 2 is 1.89 bits per heavy atom. The van der Waals surface area contributed by atoms with Crippen LogP contribution in [0.1, 0.15) is 34.1 Å². The summed E-state index contributed by atoms with van der Waals surface area (Å²) < 4.78 is 0. The van der Waals surface area contributed by atoms with Gasteiger partial charge in [-0.25, -0.2) is 0 Å². The van der Waals surface area contributed by atoms with Crippen molar-refractivity contribution in [2.24, 2.45) is 11.3 Å². The number of alkyl halides is 1. The molecule has 0 saturated carbocycles. The molecule has 0 saturated heterocycles. The van der Waals surface area contributed by atoms with Crippen LogP contribution in [0, 0.1) is 11.3 Å². The van der Waals surface area contributed by atoms with Gasteiger partial charge in [0, 0.05) is 5.33 Å². The Hall–Kier alpha value is 0.480. The zero-order valence-electron chi connectivity index (χ0n) is 6.87. The summed E-state index contributed by atoms with van der Waals surface area (Å²) in [5, 5.41) is 1.12. The zero-order valence-corrected chi connectivity index (χ0v) is 8.46. The predicted molar refractivity (Wildman–Crippen MR) is 47.0 cm³/mol. The van der Waals surface area contributed by atoms with E-state index < -0.39 is 0 Å². The minimum absolute atomic E-state index is 0.503. The minimum Gasteiger partial charge on any atom is -0.0925 e. The van der Waals surface area contributed by atoms with E-state index in [9.17, 15) is 0 Å². The van der Waals surface area contributed by atoms with E-state index >= 15 is 0 Å². The first-order valence-corrected chi connectivity index (χ1v) is 4.72. The first-order valence-electron chi connectivity index (χ1n) is 3.60. The van der Waals surface area contributed by atoms with E-state index in [0.717, 1.165) is 11.2 Å². The van der Waals surface area contributed by atoms with Crippen molar-refractivity contribution in [2.75, 3.05) is 5.33 Å². The average Bonchev–Trinajstić information content (AvgIpc) is 1.86. The molecule has 0 aromatic rings. The summed E-state index contributed by atoms with van der Waals surface area (Å²) in [4.78, 5) is 0. The van der Waals surface area contributed by atoms with Crippen LogP contribution in [-0.4, -0.2) is 5.33 Å². The molecule has 1 unspecified atom stereocenters. The summed E-state index contributed by atoms with van der Waals surface area (Å²) in [6, 6.07) is 0. The van der Waals surface area contributed by atoms with Gasteiger partial charge in [0.05, 0.1) is 0 Å². The number of hydrogen-bond acceptors (Lipinski definition) is 0. The molecular formula is C8H17Br. The fourth-order valence-corrected chi connectivity index (χ4v) is 1.43. The van der Waals surface area contributed by atoms with Crippen molar-refractivity contribution in [3.05, 3.63) is 0 Å². The molecule has 1 heteroatoms.